The topological polar surface area (TPSA) is 72.7 Å². The lowest BCUT2D eigenvalue weighted by molar-refractivity contribution is -0.111. The van der Waals surface area contributed by atoms with E-state index in [0.29, 0.717) is 6.54 Å². The zero-order chi connectivity index (χ0) is 17.8. The minimum Gasteiger partial charge on any atom is -0.323 e. The SMILES string of the molecule is O=C(/C=C/c1nc2ccccc2s1)Nc1cccc(Cn2cnnc2)c1. The maximum atomic E-state index is 12.2. The summed E-state index contributed by atoms with van der Waals surface area (Å²) in [5.74, 6) is -0.189. The number of anilines is 1. The lowest BCUT2D eigenvalue weighted by Crippen LogP contribution is -2.08. The summed E-state index contributed by atoms with van der Waals surface area (Å²) in [7, 11) is 0. The van der Waals surface area contributed by atoms with Gasteiger partial charge >= 0.3 is 0 Å². The molecular weight excluding hydrogens is 346 g/mol. The molecule has 1 N–H and O–H groups in total. The van der Waals surface area contributed by atoms with Gasteiger partial charge in [-0.2, -0.15) is 0 Å². The Morgan fingerprint density at radius 2 is 1.96 bits per heavy atom. The van der Waals surface area contributed by atoms with E-state index < -0.39 is 0 Å². The van der Waals surface area contributed by atoms with Gasteiger partial charge in [-0.05, 0) is 35.9 Å². The van der Waals surface area contributed by atoms with E-state index in [9.17, 15) is 4.79 Å². The van der Waals surface area contributed by atoms with Crippen LogP contribution in [0.5, 0.6) is 0 Å². The first-order chi connectivity index (χ1) is 12.8. The Balaban J connectivity index is 1.42. The quantitative estimate of drug-likeness (QED) is 0.551. The second kappa shape index (κ2) is 7.28. The van der Waals surface area contributed by atoms with Gasteiger partial charge in [-0.15, -0.1) is 21.5 Å². The van der Waals surface area contributed by atoms with Crippen LogP contribution >= 0.6 is 11.3 Å². The van der Waals surface area contributed by atoms with E-state index in [1.807, 2.05) is 53.1 Å². The number of carbonyl (C=O) groups is 1. The first kappa shape index (κ1) is 16.2. The lowest BCUT2D eigenvalue weighted by Gasteiger charge is -2.06. The van der Waals surface area contributed by atoms with Crippen LogP contribution in [0.2, 0.25) is 0 Å². The van der Waals surface area contributed by atoms with Crippen LogP contribution in [0.15, 0.2) is 67.3 Å². The van der Waals surface area contributed by atoms with Gasteiger partial charge in [0.25, 0.3) is 0 Å². The molecule has 128 valence electrons. The monoisotopic (exact) mass is 361 g/mol. The summed E-state index contributed by atoms with van der Waals surface area (Å²) in [6, 6.07) is 15.6. The number of nitrogens with one attached hydrogen (secondary N) is 1. The number of hydrogen-bond acceptors (Lipinski definition) is 5. The Labute approximate surface area is 153 Å². The van der Waals surface area contributed by atoms with Crippen LogP contribution in [0.25, 0.3) is 16.3 Å². The third-order valence-electron chi connectivity index (χ3n) is 3.71. The number of aromatic nitrogens is 4. The number of hydrogen-bond donors (Lipinski definition) is 1. The molecule has 0 atom stereocenters. The second-order valence-electron chi connectivity index (χ2n) is 5.68. The number of thiazole rings is 1. The maximum absolute atomic E-state index is 12.2. The molecule has 0 aliphatic carbocycles. The van der Waals surface area contributed by atoms with Gasteiger partial charge in [-0.3, -0.25) is 4.79 Å². The average molecular weight is 361 g/mol. The van der Waals surface area contributed by atoms with Crippen molar-refractivity contribution in [1.29, 1.82) is 0 Å². The van der Waals surface area contributed by atoms with E-state index in [-0.39, 0.29) is 5.91 Å². The number of rotatable bonds is 5. The van der Waals surface area contributed by atoms with E-state index in [4.69, 9.17) is 0 Å². The van der Waals surface area contributed by atoms with Crippen molar-refractivity contribution in [1.82, 2.24) is 19.7 Å². The smallest absolute Gasteiger partial charge is 0.248 e. The van der Waals surface area contributed by atoms with Gasteiger partial charge in [0.1, 0.15) is 17.7 Å². The molecule has 2 aromatic carbocycles. The fourth-order valence-corrected chi connectivity index (χ4v) is 3.42. The standard InChI is InChI=1S/C19H15N5OS/c25-18(8-9-19-23-16-6-1-2-7-17(16)26-19)22-15-5-3-4-14(10-15)11-24-12-20-21-13-24/h1-10,12-13H,11H2,(H,22,25)/b9-8+. The predicted octanol–water partition coefficient (Wildman–Crippen LogP) is 3.59. The molecule has 0 bridgehead atoms. The van der Waals surface area contributed by atoms with Gasteiger partial charge in [0.15, 0.2) is 0 Å². The van der Waals surface area contributed by atoms with Crippen molar-refractivity contribution in [2.75, 3.05) is 5.32 Å². The molecule has 7 heteroatoms. The Kier molecular flexibility index (Phi) is 4.53. The molecule has 2 heterocycles. The summed E-state index contributed by atoms with van der Waals surface area (Å²) < 4.78 is 2.97. The Bertz CT molecular complexity index is 1040. The highest BCUT2D eigenvalue weighted by Crippen LogP contribution is 2.22. The molecule has 4 aromatic rings. The maximum Gasteiger partial charge on any atom is 0.248 e. The molecule has 26 heavy (non-hydrogen) atoms. The average Bonchev–Trinajstić information content (AvgIpc) is 3.29. The molecule has 4 rings (SSSR count). The summed E-state index contributed by atoms with van der Waals surface area (Å²) in [5.41, 5.74) is 2.74. The van der Waals surface area contributed by atoms with Crippen LogP contribution in [-0.4, -0.2) is 25.7 Å². The van der Waals surface area contributed by atoms with E-state index in [2.05, 4.69) is 20.5 Å². The van der Waals surface area contributed by atoms with Gasteiger partial charge in [-0.25, -0.2) is 4.98 Å². The van der Waals surface area contributed by atoms with E-state index in [1.54, 1.807) is 30.1 Å². The van der Waals surface area contributed by atoms with Crippen molar-refractivity contribution in [3.63, 3.8) is 0 Å². The number of carbonyl (C=O) groups excluding carboxylic acids is 1. The van der Waals surface area contributed by atoms with Crippen LogP contribution in [-0.2, 0) is 11.3 Å². The zero-order valence-corrected chi connectivity index (χ0v) is 14.6. The third-order valence-corrected chi connectivity index (χ3v) is 4.72. The molecule has 0 unspecified atom stereocenters. The molecule has 0 aliphatic rings. The molecule has 6 nitrogen and oxygen atoms in total. The summed E-state index contributed by atoms with van der Waals surface area (Å²) >= 11 is 1.56. The zero-order valence-electron chi connectivity index (χ0n) is 13.7. The van der Waals surface area contributed by atoms with Crippen LogP contribution in [0.4, 0.5) is 5.69 Å². The highest BCUT2D eigenvalue weighted by molar-refractivity contribution is 7.19. The molecule has 0 spiro atoms. The molecule has 2 aromatic heterocycles. The summed E-state index contributed by atoms with van der Waals surface area (Å²) in [6.07, 6.45) is 6.56. The van der Waals surface area contributed by atoms with Gasteiger partial charge in [0, 0.05) is 11.8 Å². The first-order valence-electron chi connectivity index (χ1n) is 8.02. The summed E-state index contributed by atoms with van der Waals surface area (Å²) in [6.45, 7) is 0.651. The van der Waals surface area contributed by atoms with E-state index >= 15 is 0 Å². The molecular formula is C19H15N5OS. The van der Waals surface area contributed by atoms with E-state index in [0.717, 1.165) is 26.5 Å². The van der Waals surface area contributed by atoms with Crippen molar-refractivity contribution in [3.8, 4) is 0 Å². The molecule has 0 radical (unpaired) electrons. The summed E-state index contributed by atoms with van der Waals surface area (Å²) in [4.78, 5) is 16.7. The van der Waals surface area contributed by atoms with E-state index in [1.165, 1.54) is 6.08 Å². The number of para-hydroxylation sites is 1. The van der Waals surface area contributed by atoms with Gasteiger partial charge in [0.05, 0.1) is 16.8 Å². The molecule has 0 saturated carbocycles. The normalized spacial score (nSPS) is 11.2. The molecule has 0 aliphatic heterocycles. The number of amides is 1. The van der Waals surface area contributed by atoms with Crippen LogP contribution in [0.1, 0.15) is 10.6 Å². The van der Waals surface area contributed by atoms with Crippen LogP contribution < -0.4 is 5.32 Å². The number of benzene rings is 2. The Morgan fingerprint density at radius 3 is 2.81 bits per heavy atom. The highest BCUT2D eigenvalue weighted by atomic mass is 32.1. The number of fused-ring (bicyclic) bond motifs is 1. The fraction of sp³-hybridized carbons (Fsp3) is 0.0526. The third kappa shape index (κ3) is 3.84. The minimum absolute atomic E-state index is 0.189. The van der Waals surface area contributed by atoms with Gasteiger partial charge in [-0.1, -0.05) is 24.3 Å². The minimum atomic E-state index is -0.189. The van der Waals surface area contributed by atoms with Crippen LogP contribution in [0, 0.1) is 0 Å². The first-order valence-corrected chi connectivity index (χ1v) is 8.84. The van der Waals surface area contributed by atoms with Gasteiger partial charge < -0.3 is 9.88 Å². The van der Waals surface area contributed by atoms with Gasteiger partial charge in [0.2, 0.25) is 5.91 Å². The molecule has 1 amide bonds. The van der Waals surface area contributed by atoms with Crippen LogP contribution in [0.3, 0.4) is 0 Å². The highest BCUT2D eigenvalue weighted by Gasteiger charge is 2.03. The summed E-state index contributed by atoms with van der Waals surface area (Å²) in [5, 5.41) is 11.3. The Hall–Kier alpha value is -3.32. The van der Waals surface area contributed by atoms with Crippen molar-refractivity contribution >= 4 is 39.2 Å². The van der Waals surface area contributed by atoms with Crippen molar-refractivity contribution in [3.05, 3.63) is 77.8 Å². The predicted molar refractivity (Wildman–Crippen MR) is 103 cm³/mol. The lowest BCUT2D eigenvalue weighted by atomic mass is 10.2. The van der Waals surface area contributed by atoms with Crippen molar-refractivity contribution in [2.45, 2.75) is 6.54 Å². The molecule has 0 saturated heterocycles. The second-order valence-corrected chi connectivity index (χ2v) is 6.74. The fourth-order valence-electron chi connectivity index (χ4n) is 2.55. The van der Waals surface area contributed by atoms with Crippen molar-refractivity contribution in [2.24, 2.45) is 0 Å². The molecule has 0 fully saturated rings. The number of nitrogens with zero attached hydrogens (tertiary/aromatic N) is 4. The largest absolute Gasteiger partial charge is 0.323 e. The van der Waals surface area contributed by atoms with Crippen molar-refractivity contribution < 1.29 is 4.79 Å². The Morgan fingerprint density at radius 1 is 1.12 bits per heavy atom.